The van der Waals surface area contributed by atoms with Crippen LogP contribution in [0.2, 0.25) is 0 Å². The van der Waals surface area contributed by atoms with Crippen LogP contribution in [-0.2, 0) is 4.74 Å². The van der Waals surface area contributed by atoms with Crippen LogP contribution in [0.3, 0.4) is 0 Å². The van der Waals surface area contributed by atoms with Gasteiger partial charge in [-0.25, -0.2) is 4.39 Å². The summed E-state index contributed by atoms with van der Waals surface area (Å²) in [5, 5.41) is 3.83. The number of guanidine groups is 1. The van der Waals surface area contributed by atoms with Gasteiger partial charge in [-0.2, -0.15) is 0 Å². The van der Waals surface area contributed by atoms with Crippen molar-refractivity contribution in [3.05, 3.63) is 30.1 Å². The zero-order valence-corrected chi connectivity index (χ0v) is 18.8. The second kappa shape index (κ2) is 7.97. The largest absolute Gasteiger partial charge is 0.377 e. The summed E-state index contributed by atoms with van der Waals surface area (Å²) in [5.41, 5.74) is 1.46. The highest BCUT2D eigenvalue weighted by Gasteiger charge is 2.66. The fourth-order valence-corrected chi connectivity index (χ4v) is 5.72. The predicted molar refractivity (Wildman–Crippen MR) is 120 cm³/mol. The number of aliphatic imine (C=N–C) groups is 1. The quantitative estimate of drug-likeness (QED) is 0.385. The van der Waals surface area contributed by atoms with Gasteiger partial charge in [0.05, 0.1) is 6.10 Å². The molecule has 2 aliphatic heterocycles. The Morgan fingerprint density at radius 3 is 2.50 bits per heavy atom. The van der Waals surface area contributed by atoms with Gasteiger partial charge < -0.3 is 19.9 Å². The number of nitrogens with one attached hydrogen (secondary N) is 1. The number of fused-ring (bicyclic) bond motifs is 2. The molecule has 4 aliphatic rings. The summed E-state index contributed by atoms with van der Waals surface area (Å²) in [5.74, 6) is 1.51. The van der Waals surface area contributed by atoms with Crippen molar-refractivity contribution in [2.24, 2.45) is 16.3 Å². The van der Waals surface area contributed by atoms with Crippen LogP contribution in [0.1, 0.15) is 25.7 Å². The summed E-state index contributed by atoms with van der Waals surface area (Å²) < 4.78 is 19.2. The molecule has 0 aromatic heterocycles. The summed E-state index contributed by atoms with van der Waals surface area (Å²) in [6.07, 6.45) is 5.58. The molecule has 1 aromatic carbocycles. The molecule has 3 unspecified atom stereocenters. The van der Waals surface area contributed by atoms with Crippen LogP contribution < -0.4 is 10.2 Å². The van der Waals surface area contributed by atoms with Crippen molar-refractivity contribution in [2.75, 3.05) is 44.7 Å². The molecule has 1 aromatic rings. The number of nitrogens with zero attached hydrogens (tertiary/aromatic N) is 3. The molecule has 28 heavy (non-hydrogen) atoms. The Balaban J connectivity index is 0.00000192. The standard InChI is InChI=1S/C21H29FN4O.HI/c1-23-20(24-18-17-7-14-27-19(17)21(18)8-2-9-21)26-12-10-25(11-13-26)16-5-3-15(22)4-6-16;/h3-6,17-19H,2,7-14H2,1H3,(H,23,24);1H. The van der Waals surface area contributed by atoms with Gasteiger partial charge in [0.15, 0.2) is 5.96 Å². The molecule has 7 heteroatoms. The van der Waals surface area contributed by atoms with Gasteiger partial charge in [0, 0.05) is 62.9 Å². The molecule has 4 fully saturated rings. The molecule has 3 atom stereocenters. The van der Waals surface area contributed by atoms with Gasteiger partial charge >= 0.3 is 0 Å². The van der Waals surface area contributed by atoms with E-state index in [0.29, 0.717) is 23.5 Å². The van der Waals surface area contributed by atoms with Crippen molar-refractivity contribution in [1.82, 2.24) is 10.2 Å². The Labute approximate surface area is 183 Å². The van der Waals surface area contributed by atoms with Crippen molar-refractivity contribution in [2.45, 2.75) is 37.8 Å². The van der Waals surface area contributed by atoms with E-state index < -0.39 is 0 Å². The van der Waals surface area contributed by atoms with Crippen molar-refractivity contribution < 1.29 is 9.13 Å². The van der Waals surface area contributed by atoms with E-state index in [1.165, 1.54) is 37.8 Å². The van der Waals surface area contributed by atoms with E-state index in [9.17, 15) is 4.39 Å². The minimum absolute atomic E-state index is 0. The van der Waals surface area contributed by atoms with E-state index >= 15 is 0 Å². The summed E-state index contributed by atoms with van der Waals surface area (Å²) in [6, 6.07) is 7.33. The average molecular weight is 500 g/mol. The number of piperazine rings is 1. The maximum atomic E-state index is 13.2. The summed E-state index contributed by atoms with van der Waals surface area (Å²) in [6.45, 7) is 4.64. The van der Waals surface area contributed by atoms with Crippen LogP contribution in [0, 0.1) is 17.2 Å². The third kappa shape index (κ3) is 3.18. The molecular formula is C21H30FIN4O. The van der Waals surface area contributed by atoms with Gasteiger partial charge in [0.25, 0.3) is 0 Å². The van der Waals surface area contributed by atoms with E-state index in [2.05, 4.69) is 20.1 Å². The second-order valence-electron chi connectivity index (χ2n) is 8.45. The Hall–Kier alpha value is -1.09. The molecule has 154 valence electrons. The molecule has 0 amide bonds. The predicted octanol–water partition coefficient (Wildman–Crippen LogP) is 3.10. The molecule has 5 rings (SSSR count). The minimum Gasteiger partial charge on any atom is -0.377 e. The van der Waals surface area contributed by atoms with Crippen LogP contribution in [0.5, 0.6) is 0 Å². The zero-order valence-electron chi connectivity index (χ0n) is 16.4. The van der Waals surface area contributed by atoms with Gasteiger partial charge in [-0.3, -0.25) is 4.99 Å². The van der Waals surface area contributed by atoms with Crippen molar-refractivity contribution in [3.63, 3.8) is 0 Å². The number of ether oxygens (including phenoxy) is 1. The topological polar surface area (TPSA) is 40.1 Å². The number of halogens is 2. The molecule has 1 spiro atoms. The molecule has 2 saturated carbocycles. The van der Waals surface area contributed by atoms with E-state index in [4.69, 9.17) is 4.74 Å². The summed E-state index contributed by atoms with van der Waals surface area (Å²) in [7, 11) is 1.89. The first kappa shape index (κ1) is 20.2. The average Bonchev–Trinajstić information content (AvgIpc) is 3.07. The van der Waals surface area contributed by atoms with Gasteiger partial charge in [-0.05, 0) is 43.5 Å². The normalized spacial score (nSPS) is 30.9. The molecule has 5 nitrogen and oxygen atoms in total. The molecule has 2 saturated heterocycles. The number of rotatable bonds is 2. The molecule has 1 N–H and O–H groups in total. The summed E-state index contributed by atoms with van der Waals surface area (Å²) in [4.78, 5) is 9.29. The Kier molecular flexibility index (Phi) is 5.75. The number of benzene rings is 1. The maximum Gasteiger partial charge on any atom is 0.194 e. The van der Waals surface area contributed by atoms with Gasteiger partial charge in [-0.1, -0.05) is 6.42 Å². The zero-order chi connectivity index (χ0) is 18.4. The molecular weight excluding hydrogens is 470 g/mol. The number of hydrogen-bond donors (Lipinski definition) is 1. The first-order valence-electron chi connectivity index (χ1n) is 10.3. The molecule has 2 aliphatic carbocycles. The van der Waals surface area contributed by atoms with Gasteiger partial charge in [-0.15, -0.1) is 24.0 Å². The lowest BCUT2D eigenvalue weighted by Crippen LogP contribution is -2.73. The Morgan fingerprint density at radius 2 is 1.89 bits per heavy atom. The van der Waals surface area contributed by atoms with Crippen LogP contribution in [0.4, 0.5) is 10.1 Å². The van der Waals surface area contributed by atoms with E-state index in [0.717, 1.165) is 44.4 Å². The third-order valence-corrected chi connectivity index (χ3v) is 7.30. The molecule has 0 radical (unpaired) electrons. The minimum atomic E-state index is -0.179. The highest BCUT2D eigenvalue weighted by Crippen LogP contribution is 2.62. The number of hydrogen-bond acceptors (Lipinski definition) is 3. The smallest absolute Gasteiger partial charge is 0.194 e. The van der Waals surface area contributed by atoms with Crippen molar-refractivity contribution >= 4 is 35.6 Å². The highest BCUT2D eigenvalue weighted by molar-refractivity contribution is 14.0. The van der Waals surface area contributed by atoms with Crippen molar-refractivity contribution in [1.29, 1.82) is 0 Å². The number of anilines is 1. The van der Waals surface area contributed by atoms with Gasteiger partial charge in [0.2, 0.25) is 0 Å². The van der Waals surface area contributed by atoms with Crippen LogP contribution >= 0.6 is 24.0 Å². The lowest BCUT2D eigenvalue weighted by atomic mass is 9.46. The van der Waals surface area contributed by atoms with Crippen LogP contribution in [0.25, 0.3) is 0 Å². The van der Waals surface area contributed by atoms with E-state index in [1.54, 1.807) is 0 Å². The summed E-state index contributed by atoms with van der Waals surface area (Å²) >= 11 is 0. The SMILES string of the molecule is CN=C(NC1C2CCOC2C12CCC2)N1CCN(c2ccc(F)cc2)CC1.I. The first-order valence-corrected chi connectivity index (χ1v) is 10.3. The lowest BCUT2D eigenvalue weighted by molar-refractivity contribution is -0.171. The molecule has 0 bridgehead atoms. The highest BCUT2D eigenvalue weighted by atomic mass is 127. The lowest BCUT2D eigenvalue weighted by Gasteiger charge is -2.63. The Bertz CT molecular complexity index is 716. The van der Waals surface area contributed by atoms with E-state index in [1.807, 2.05) is 19.2 Å². The van der Waals surface area contributed by atoms with Crippen LogP contribution in [-0.4, -0.2) is 62.8 Å². The third-order valence-electron chi connectivity index (χ3n) is 7.30. The maximum absolute atomic E-state index is 13.2. The fraction of sp³-hybridized carbons (Fsp3) is 0.667. The first-order chi connectivity index (χ1) is 13.2. The Morgan fingerprint density at radius 1 is 1.18 bits per heavy atom. The second-order valence-corrected chi connectivity index (χ2v) is 8.45. The fourth-order valence-electron chi connectivity index (χ4n) is 5.72. The van der Waals surface area contributed by atoms with Crippen LogP contribution in [0.15, 0.2) is 29.3 Å². The van der Waals surface area contributed by atoms with E-state index in [-0.39, 0.29) is 29.8 Å². The van der Waals surface area contributed by atoms with Gasteiger partial charge in [0.1, 0.15) is 5.82 Å². The van der Waals surface area contributed by atoms with Crippen molar-refractivity contribution in [3.8, 4) is 0 Å². The molecule has 2 heterocycles. The monoisotopic (exact) mass is 500 g/mol.